The number of fused-ring (bicyclic) bond motifs is 1. The number of aryl methyl sites for hydroxylation is 1. The van der Waals surface area contributed by atoms with Gasteiger partial charge < -0.3 is 9.88 Å². The van der Waals surface area contributed by atoms with Gasteiger partial charge in [0, 0.05) is 18.1 Å². The predicted octanol–water partition coefficient (Wildman–Crippen LogP) is 3.67. The Morgan fingerprint density at radius 2 is 2.12 bits per heavy atom. The minimum absolute atomic E-state index is 0.121. The van der Waals surface area contributed by atoms with Crippen LogP contribution in [-0.2, 0) is 11.3 Å². The molecule has 0 aliphatic rings. The molecule has 0 fully saturated rings. The van der Waals surface area contributed by atoms with Gasteiger partial charge in [0.05, 0.1) is 16.8 Å². The number of benzene rings is 1. The van der Waals surface area contributed by atoms with E-state index in [0.717, 1.165) is 29.2 Å². The lowest BCUT2D eigenvalue weighted by atomic mass is 10.2. The van der Waals surface area contributed by atoms with Gasteiger partial charge in [0.15, 0.2) is 5.16 Å². The number of halogens is 1. The molecule has 2 rings (SSSR count). The molecule has 3 amide bonds. The van der Waals surface area contributed by atoms with Crippen molar-refractivity contribution in [3.63, 3.8) is 0 Å². The molecule has 0 radical (unpaired) electrons. The van der Waals surface area contributed by atoms with Crippen molar-refractivity contribution in [1.82, 2.24) is 20.2 Å². The molecule has 0 aliphatic carbocycles. The summed E-state index contributed by atoms with van der Waals surface area (Å²) >= 11 is 7.34. The van der Waals surface area contributed by atoms with Crippen LogP contribution in [0.15, 0.2) is 23.4 Å². The fourth-order valence-corrected chi connectivity index (χ4v) is 3.27. The number of imide groups is 1. The number of rotatable bonds is 7. The quantitative estimate of drug-likeness (QED) is 0.716. The zero-order chi connectivity index (χ0) is 18.4. The molecule has 0 atom stereocenters. The van der Waals surface area contributed by atoms with Crippen LogP contribution in [0.25, 0.3) is 11.0 Å². The van der Waals surface area contributed by atoms with Crippen molar-refractivity contribution in [2.75, 3.05) is 12.3 Å². The Labute approximate surface area is 156 Å². The summed E-state index contributed by atoms with van der Waals surface area (Å²) in [6, 6.07) is 5.11. The first-order valence-corrected chi connectivity index (χ1v) is 9.63. The van der Waals surface area contributed by atoms with Gasteiger partial charge in [-0.05, 0) is 30.5 Å². The maximum atomic E-state index is 12.0. The van der Waals surface area contributed by atoms with E-state index in [4.69, 9.17) is 11.6 Å². The Balaban J connectivity index is 2.01. The molecule has 8 heteroatoms. The third kappa shape index (κ3) is 5.64. The van der Waals surface area contributed by atoms with Crippen molar-refractivity contribution in [2.24, 2.45) is 5.92 Å². The van der Waals surface area contributed by atoms with Gasteiger partial charge in [0.2, 0.25) is 5.91 Å². The maximum Gasteiger partial charge on any atom is 0.321 e. The number of hydrogen-bond donors (Lipinski definition) is 2. The SMILES string of the molecule is CCCn1c(SCC(=O)NC(=O)NCC(C)C)nc2cc(Cl)ccc21. The van der Waals surface area contributed by atoms with E-state index in [9.17, 15) is 9.59 Å². The molecule has 2 aromatic rings. The van der Waals surface area contributed by atoms with Gasteiger partial charge in [0.1, 0.15) is 0 Å². The third-order valence-corrected chi connectivity index (χ3v) is 4.59. The molecule has 1 heterocycles. The lowest BCUT2D eigenvalue weighted by Gasteiger charge is -2.09. The Morgan fingerprint density at radius 3 is 2.80 bits per heavy atom. The highest BCUT2D eigenvalue weighted by atomic mass is 35.5. The Morgan fingerprint density at radius 1 is 1.36 bits per heavy atom. The number of aromatic nitrogens is 2. The number of nitrogens with one attached hydrogen (secondary N) is 2. The van der Waals surface area contributed by atoms with E-state index < -0.39 is 6.03 Å². The van der Waals surface area contributed by atoms with Crippen LogP contribution < -0.4 is 10.6 Å². The smallest absolute Gasteiger partial charge is 0.321 e. The van der Waals surface area contributed by atoms with Crippen LogP contribution in [0.4, 0.5) is 4.79 Å². The van der Waals surface area contributed by atoms with Gasteiger partial charge in [-0.3, -0.25) is 10.1 Å². The van der Waals surface area contributed by atoms with Crippen LogP contribution in [0.3, 0.4) is 0 Å². The van der Waals surface area contributed by atoms with E-state index in [1.807, 2.05) is 32.0 Å². The highest BCUT2D eigenvalue weighted by molar-refractivity contribution is 7.99. The van der Waals surface area contributed by atoms with Crippen LogP contribution in [0.2, 0.25) is 5.02 Å². The summed E-state index contributed by atoms with van der Waals surface area (Å²) in [6.07, 6.45) is 0.950. The average Bonchev–Trinajstić information content (AvgIpc) is 2.88. The number of carbonyl (C=O) groups is 2. The van der Waals surface area contributed by atoms with Gasteiger partial charge in [-0.25, -0.2) is 9.78 Å². The predicted molar refractivity (Wildman–Crippen MR) is 102 cm³/mol. The second-order valence-corrected chi connectivity index (χ2v) is 7.50. The van der Waals surface area contributed by atoms with Crippen LogP contribution in [0, 0.1) is 5.92 Å². The van der Waals surface area contributed by atoms with Crippen LogP contribution in [0.1, 0.15) is 27.2 Å². The molecular formula is C17H23ClN4O2S. The molecule has 0 saturated heterocycles. The number of hydrogen-bond acceptors (Lipinski definition) is 4. The van der Waals surface area contributed by atoms with E-state index >= 15 is 0 Å². The largest absolute Gasteiger partial charge is 0.338 e. The lowest BCUT2D eigenvalue weighted by Crippen LogP contribution is -2.41. The van der Waals surface area contributed by atoms with E-state index in [-0.39, 0.29) is 11.7 Å². The number of carbonyl (C=O) groups excluding carboxylic acids is 2. The summed E-state index contributed by atoms with van der Waals surface area (Å²) in [5.74, 6) is 0.103. The minimum atomic E-state index is -0.465. The van der Waals surface area contributed by atoms with Gasteiger partial charge >= 0.3 is 6.03 Å². The Hall–Kier alpha value is -1.73. The number of amides is 3. The molecule has 0 unspecified atom stereocenters. The van der Waals surface area contributed by atoms with E-state index in [0.29, 0.717) is 17.5 Å². The summed E-state index contributed by atoms with van der Waals surface area (Å²) in [5, 5.41) is 6.36. The van der Waals surface area contributed by atoms with Crippen molar-refractivity contribution < 1.29 is 9.59 Å². The standard InChI is InChI=1S/C17H23ClN4O2S/c1-4-7-22-14-6-5-12(18)8-13(14)20-17(22)25-10-15(23)21-16(24)19-9-11(2)3/h5-6,8,11H,4,7,9-10H2,1-3H3,(H2,19,21,23,24). The monoisotopic (exact) mass is 382 g/mol. The Kier molecular flexibility index (Phi) is 7.13. The van der Waals surface area contributed by atoms with Crippen LogP contribution in [-0.4, -0.2) is 33.8 Å². The lowest BCUT2D eigenvalue weighted by molar-refractivity contribution is -0.117. The molecule has 6 nitrogen and oxygen atoms in total. The molecular weight excluding hydrogens is 360 g/mol. The van der Waals surface area contributed by atoms with Gasteiger partial charge in [-0.2, -0.15) is 0 Å². The number of thioether (sulfide) groups is 1. The number of urea groups is 1. The minimum Gasteiger partial charge on any atom is -0.338 e. The van der Waals surface area contributed by atoms with Gasteiger partial charge in [-0.15, -0.1) is 0 Å². The normalized spacial score (nSPS) is 11.1. The Bertz CT molecular complexity index is 760. The molecule has 136 valence electrons. The second kappa shape index (κ2) is 9.10. The molecule has 0 aliphatic heterocycles. The van der Waals surface area contributed by atoms with Crippen molar-refractivity contribution in [3.8, 4) is 0 Å². The zero-order valence-electron chi connectivity index (χ0n) is 14.6. The first-order chi connectivity index (χ1) is 11.9. The van der Waals surface area contributed by atoms with Gasteiger partial charge in [0.25, 0.3) is 0 Å². The first-order valence-electron chi connectivity index (χ1n) is 8.27. The molecule has 25 heavy (non-hydrogen) atoms. The molecule has 0 bridgehead atoms. The summed E-state index contributed by atoms with van der Waals surface area (Å²) < 4.78 is 2.07. The van der Waals surface area contributed by atoms with E-state index in [1.54, 1.807) is 0 Å². The highest BCUT2D eigenvalue weighted by Crippen LogP contribution is 2.26. The van der Waals surface area contributed by atoms with Crippen molar-refractivity contribution >= 4 is 46.3 Å². The van der Waals surface area contributed by atoms with Gasteiger partial charge in [-0.1, -0.05) is 44.1 Å². The topological polar surface area (TPSA) is 76.0 Å². The maximum absolute atomic E-state index is 12.0. The molecule has 2 N–H and O–H groups in total. The van der Waals surface area contributed by atoms with Crippen LogP contribution >= 0.6 is 23.4 Å². The second-order valence-electron chi connectivity index (χ2n) is 6.12. The van der Waals surface area contributed by atoms with Crippen molar-refractivity contribution in [1.29, 1.82) is 0 Å². The molecule has 1 aromatic carbocycles. The van der Waals surface area contributed by atoms with Crippen molar-refractivity contribution in [3.05, 3.63) is 23.2 Å². The molecule has 0 spiro atoms. The van der Waals surface area contributed by atoms with E-state index in [2.05, 4.69) is 27.1 Å². The fraction of sp³-hybridized carbons (Fsp3) is 0.471. The summed E-state index contributed by atoms with van der Waals surface area (Å²) in [5.41, 5.74) is 1.79. The number of nitrogens with zero attached hydrogens (tertiary/aromatic N) is 2. The van der Waals surface area contributed by atoms with E-state index in [1.165, 1.54) is 11.8 Å². The van der Waals surface area contributed by atoms with Crippen molar-refractivity contribution in [2.45, 2.75) is 38.9 Å². The highest BCUT2D eigenvalue weighted by Gasteiger charge is 2.14. The summed E-state index contributed by atoms with van der Waals surface area (Å²) in [7, 11) is 0. The first kappa shape index (κ1) is 19.6. The number of imidazole rings is 1. The fourth-order valence-electron chi connectivity index (χ4n) is 2.26. The molecule has 1 aromatic heterocycles. The average molecular weight is 383 g/mol. The zero-order valence-corrected chi connectivity index (χ0v) is 16.2. The third-order valence-electron chi connectivity index (χ3n) is 3.38. The summed E-state index contributed by atoms with van der Waals surface area (Å²) in [4.78, 5) is 28.2. The summed E-state index contributed by atoms with van der Waals surface area (Å²) in [6.45, 7) is 7.39. The molecule has 0 saturated carbocycles. The van der Waals surface area contributed by atoms with Crippen LogP contribution in [0.5, 0.6) is 0 Å².